The average molecular weight is 235 g/mol. The largest absolute Gasteiger partial charge is 0.313 e. The van der Waals surface area contributed by atoms with E-state index in [4.69, 9.17) is 0 Å². The quantitative estimate of drug-likeness (QED) is 0.796. The smallest absolute Gasteiger partial charge is 0.295 e. The Morgan fingerprint density at radius 3 is 2.75 bits per heavy atom. The fraction of sp³-hybridized carbons (Fsp3) is 0.667. The topological polar surface area (TPSA) is 29.9 Å². The van der Waals surface area contributed by atoms with Crippen molar-refractivity contribution in [3.63, 3.8) is 0 Å². The van der Waals surface area contributed by atoms with Crippen molar-refractivity contribution in [2.75, 3.05) is 12.5 Å². The van der Waals surface area contributed by atoms with Crippen LogP contribution in [0.25, 0.3) is 0 Å². The van der Waals surface area contributed by atoms with Gasteiger partial charge in [-0.2, -0.15) is 18.7 Å². The number of aromatic nitrogens is 2. The van der Waals surface area contributed by atoms with E-state index in [2.05, 4.69) is 10.5 Å². The van der Waals surface area contributed by atoms with Gasteiger partial charge in [-0.15, -0.1) is 0 Å². The third-order valence-corrected chi connectivity index (χ3v) is 3.31. The van der Waals surface area contributed by atoms with Crippen molar-refractivity contribution < 1.29 is 17.6 Å². The predicted molar refractivity (Wildman–Crippen MR) is 47.2 cm³/mol. The lowest BCUT2D eigenvalue weighted by atomic mass is 10.1. The molecule has 1 saturated carbocycles. The molecule has 1 heterocycles. The monoisotopic (exact) mass is 235 g/mol. The van der Waals surface area contributed by atoms with Gasteiger partial charge in [0.2, 0.25) is 0 Å². The highest BCUT2D eigenvalue weighted by Gasteiger charge is 2.67. The van der Waals surface area contributed by atoms with Crippen LogP contribution in [0.4, 0.5) is 17.6 Å². The second-order valence-corrected chi connectivity index (χ2v) is 4.16. The maximum Gasteiger partial charge on any atom is 0.295 e. The summed E-state index contributed by atoms with van der Waals surface area (Å²) in [5.74, 6) is -4.28. The van der Waals surface area contributed by atoms with Crippen molar-refractivity contribution in [1.29, 1.82) is 0 Å². The highest BCUT2D eigenvalue weighted by atomic mass is 19.3. The lowest BCUT2D eigenvalue weighted by Gasteiger charge is -2.14. The maximum atomic E-state index is 13.8. The predicted octanol–water partition coefficient (Wildman–Crippen LogP) is 2.20. The highest BCUT2D eigenvalue weighted by Crippen LogP contribution is 2.67. The average Bonchev–Trinajstić information content (AvgIpc) is 2.85. The summed E-state index contributed by atoms with van der Waals surface area (Å²) in [6.07, 6.45) is -2.52. The molecule has 1 fully saturated rings. The number of hydrogen-bond acceptors (Lipinski definition) is 2. The van der Waals surface area contributed by atoms with E-state index in [0.717, 1.165) is 4.79 Å². The summed E-state index contributed by atoms with van der Waals surface area (Å²) in [4.78, 5) is 0.781. The second kappa shape index (κ2) is 2.70. The van der Waals surface area contributed by atoms with Gasteiger partial charge < -0.3 is 5.43 Å². The highest BCUT2D eigenvalue weighted by molar-refractivity contribution is 5.46. The molecule has 0 aromatic carbocycles. The molecule has 2 atom stereocenters. The molecule has 88 valence electrons. The van der Waals surface area contributed by atoms with E-state index in [9.17, 15) is 17.6 Å². The van der Waals surface area contributed by atoms with Gasteiger partial charge in [0.15, 0.2) is 0 Å². The molecular weight excluding hydrogens is 226 g/mol. The molecule has 16 heavy (non-hydrogen) atoms. The van der Waals surface area contributed by atoms with E-state index in [0.29, 0.717) is 0 Å². The van der Waals surface area contributed by atoms with Gasteiger partial charge in [0.05, 0.1) is 0 Å². The summed E-state index contributed by atoms with van der Waals surface area (Å²) < 4.78 is 52.8. The minimum absolute atomic E-state index is 0.0550. The molecule has 3 nitrogen and oxygen atoms in total. The van der Waals surface area contributed by atoms with Crippen molar-refractivity contribution in [2.24, 2.45) is 5.92 Å². The number of rotatable bonds is 2. The van der Waals surface area contributed by atoms with Crippen LogP contribution in [0.5, 0.6) is 0 Å². The van der Waals surface area contributed by atoms with Gasteiger partial charge in [-0.05, 0) is 12.3 Å². The molecular formula is C9H9F4N3. The van der Waals surface area contributed by atoms with E-state index < -0.39 is 29.9 Å². The summed E-state index contributed by atoms with van der Waals surface area (Å²) in [6.45, 7) is 0. The van der Waals surface area contributed by atoms with Crippen LogP contribution in [0, 0.1) is 5.92 Å². The Morgan fingerprint density at radius 1 is 1.50 bits per heavy atom. The first-order chi connectivity index (χ1) is 7.48. The lowest BCUT2D eigenvalue weighted by Crippen LogP contribution is -2.24. The number of nitrogens with zero attached hydrogens (tertiary/aromatic N) is 2. The molecule has 0 bridgehead atoms. The SMILES string of the molecule is CNn1nc(C(F)F)c2c1C(F)(F)[C@H]1C[C@@H]21. The normalized spacial score (nSPS) is 29.1. The lowest BCUT2D eigenvalue weighted by molar-refractivity contribution is -0.0298. The Hall–Kier alpha value is -1.27. The Kier molecular flexibility index (Phi) is 1.67. The minimum Gasteiger partial charge on any atom is -0.313 e. The molecule has 2 aliphatic rings. The molecule has 2 aliphatic carbocycles. The molecule has 1 N–H and O–H groups in total. The van der Waals surface area contributed by atoms with Crippen LogP contribution in [-0.4, -0.2) is 16.9 Å². The van der Waals surface area contributed by atoms with E-state index in [-0.39, 0.29) is 17.7 Å². The van der Waals surface area contributed by atoms with Gasteiger partial charge in [0.1, 0.15) is 11.4 Å². The molecule has 0 aliphatic heterocycles. The number of fused-ring (bicyclic) bond motifs is 3. The Balaban J connectivity index is 2.22. The third-order valence-electron chi connectivity index (χ3n) is 3.31. The summed E-state index contributed by atoms with van der Waals surface area (Å²) in [5, 5.41) is 3.50. The fourth-order valence-electron chi connectivity index (χ4n) is 2.55. The Bertz CT molecular complexity index is 454. The van der Waals surface area contributed by atoms with Crippen molar-refractivity contribution in [3.05, 3.63) is 17.0 Å². The molecule has 0 radical (unpaired) electrons. The molecule has 0 amide bonds. The summed E-state index contributed by atoms with van der Waals surface area (Å²) in [6, 6.07) is 0. The number of halogens is 4. The molecule has 7 heteroatoms. The van der Waals surface area contributed by atoms with Gasteiger partial charge in [-0.3, -0.25) is 0 Å². The van der Waals surface area contributed by atoms with Gasteiger partial charge in [-0.25, -0.2) is 8.78 Å². The van der Waals surface area contributed by atoms with E-state index >= 15 is 0 Å². The molecule has 0 spiro atoms. The third kappa shape index (κ3) is 0.959. The van der Waals surface area contributed by atoms with Crippen LogP contribution in [0.2, 0.25) is 0 Å². The first-order valence-electron chi connectivity index (χ1n) is 4.95. The van der Waals surface area contributed by atoms with Crippen LogP contribution in [0.15, 0.2) is 0 Å². The van der Waals surface area contributed by atoms with E-state index in [1.165, 1.54) is 7.05 Å². The molecule has 1 aromatic rings. The van der Waals surface area contributed by atoms with Crippen molar-refractivity contribution in [1.82, 2.24) is 9.89 Å². The zero-order valence-electron chi connectivity index (χ0n) is 8.35. The van der Waals surface area contributed by atoms with Crippen molar-refractivity contribution in [2.45, 2.75) is 24.7 Å². The van der Waals surface area contributed by atoms with Crippen LogP contribution in [0.3, 0.4) is 0 Å². The maximum absolute atomic E-state index is 13.8. The fourth-order valence-corrected chi connectivity index (χ4v) is 2.55. The summed E-state index contributed by atoms with van der Waals surface area (Å²) in [7, 11) is 1.38. The van der Waals surface area contributed by atoms with Crippen molar-refractivity contribution >= 4 is 0 Å². The van der Waals surface area contributed by atoms with E-state index in [1.54, 1.807) is 0 Å². The molecule has 3 rings (SSSR count). The van der Waals surface area contributed by atoms with E-state index in [1.807, 2.05) is 0 Å². The number of alkyl halides is 4. The number of hydrogen-bond donors (Lipinski definition) is 1. The Labute approximate surface area is 88.4 Å². The van der Waals surface area contributed by atoms with Crippen LogP contribution in [0.1, 0.15) is 35.7 Å². The zero-order chi connectivity index (χ0) is 11.7. The number of nitrogens with one attached hydrogen (secondary N) is 1. The van der Waals surface area contributed by atoms with Crippen molar-refractivity contribution in [3.8, 4) is 0 Å². The summed E-state index contributed by atoms with van der Waals surface area (Å²) in [5.41, 5.74) is 1.56. The Morgan fingerprint density at radius 2 is 2.19 bits per heavy atom. The van der Waals surface area contributed by atoms with Gasteiger partial charge in [0.25, 0.3) is 12.3 Å². The van der Waals surface area contributed by atoms with Crippen LogP contribution >= 0.6 is 0 Å². The molecule has 0 saturated heterocycles. The first-order valence-corrected chi connectivity index (χ1v) is 4.95. The van der Waals surface area contributed by atoms with Crippen LogP contribution in [-0.2, 0) is 5.92 Å². The molecule has 1 aromatic heterocycles. The van der Waals surface area contributed by atoms with Gasteiger partial charge in [-0.1, -0.05) is 0 Å². The zero-order valence-corrected chi connectivity index (χ0v) is 8.35. The van der Waals surface area contributed by atoms with Gasteiger partial charge >= 0.3 is 0 Å². The van der Waals surface area contributed by atoms with Crippen LogP contribution < -0.4 is 5.43 Å². The first kappa shape index (κ1) is 9.92. The summed E-state index contributed by atoms with van der Waals surface area (Å²) >= 11 is 0. The standard InChI is InChI=1S/C9H9F4N3/c1-14-16-7-5(6(15-16)8(10)11)3-2-4(3)9(7,12)13/h3-4,8,14H,2H2,1H3/t3-,4+/m1/s1. The second-order valence-electron chi connectivity index (χ2n) is 4.16. The van der Waals surface area contributed by atoms with Gasteiger partial charge in [0, 0.05) is 18.5 Å². The minimum atomic E-state index is -3.04. The molecule has 0 unspecified atom stereocenters.